The molecular weight excluding hydrogens is 504 g/mol. The molecule has 1 N–H and O–H groups in total. The second kappa shape index (κ2) is 9.71. The van der Waals surface area contributed by atoms with Crippen molar-refractivity contribution in [3.63, 3.8) is 0 Å². The SMILES string of the molecule is Cn1cnc(-c2ccc(C3=CCN(C(=O)CN4CC[C@]5(CCN(c6ccc7[nH]ncc7c6)C5=O)C4)CC3)cc2)n1. The van der Waals surface area contributed by atoms with E-state index in [1.807, 2.05) is 47.2 Å². The summed E-state index contributed by atoms with van der Waals surface area (Å²) in [6, 6.07) is 14.3. The lowest BCUT2D eigenvalue weighted by atomic mass is 9.85. The number of benzene rings is 2. The monoisotopic (exact) mass is 536 g/mol. The number of aromatic nitrogens is 5. The van der Waals surface area contributed by atoms with Crippen LogP contribution in [0.25, 0.3) is 27.9 Å². The third-order valence-electron chi connectivity index (χ3n) is 8.72. The number of fused-ring (bicyclic) bond motifs is 1. The van der Waals surface area contributed by atoms with E-state index in [2.05, 4.69) is 43.4 Å². The van der Waals surface area contributed by atoms with Gasteiger partial charge in [-0.3, -0.25) is 24.3 Å². The number of anilines is 1. The highest BCUT2D eigenvalue weighted by Gasteiger charge is 2.51. The van der Waals surface area contributed by atoms with Crippen LogP contribution < -0.4 is 4.90 Å². The van der Waals surface area contributed by atoms with Crippen LogP contribution in [0.4, 0.5) is 5.69 Å². The number of H-pyrrole nitrogens is 1. The van der Waals surface area contributed by atoms with Gasteiger partial charge >= 0.3 is 0 Å². The molecular formula is C30H32N8O2. The molecule has 10 heteroatoms. The molecule has 1 spiro atoms. The van der Waals surface area contributed by atoms with Gasteiger partial charge in [-0.25, -0.2) is 4.98 Å². The number of likely N-dealkylation sites (tertiary alicyclic amines) is 1. The molecule has 7 rings (SSSR count). The number of amides is 2. The van der Waals surface area contributed by atoms with Crippen molar-refractivity contribution in [1.82, 2.24) is 34.8 Å². The minimum atomic E-state index is -0.391. The van der Waals surface area contributed by atoms with Gasteiger partial charge in [0.1, 0.15) is 6.33 Å². The van der Waals surface area contributed by atoms with Gasteiger partial charge in [0, 0.05) is 49.9 Å². The summed E-state index contributed by atoms with van der Waals surface area (Å²) in [5.74, 6) is 1.03. The van der Waals surface area contributed by atoms with Crippen LogP contribution >= 0.6 is 0 Å². The van der Waals surface area contributed by atoms with Crippen molar-refractivity contribution in [1.29, 1.82) is 0 Å². The van der Waals surface area contributed by atoms with Crippen LogP contribution in [0.1, 0.15) is 24.8 Å². The quantitative estimate of drug-likeness (QED) is 0.421. The number of aryl methyl sites for hydroxylation is 1. The first-order valence-corrected chi connectivity index (χ1v) is 13.9. The second-order valence-electron chi connectivity index (χ2n) is 11.2. The van der Waals surface area contributed by atoms with Crippen molar-refractivity contribution in [3.8, 4) is 11.4 Å². The fourth-order valence-corrected chi connectivity index (χ4v) is 6.39. The number of carbonyl (C=O) groups excluding carboxylic acids is 2. The van der Waals surface area contributed by atoms with Crippen LogP contribution in [-0.4, -0.2) is 85.8 Å². The van der Waals surface area contributed by atoms with Gasteiger partial charge in [-0.1, -0.05) is 30.3 Å². The average Bonchev–Trinajstić information content (AvgIpc) is 3.78. The Morgan fingerprint density at radius 3 is 2.65 bits per heavy atom. The largest absolute Gasteiger partial charge is 0.338 e. The van der Waals surface area contributed by atoms with E-state index in [0.717, 1.165) is 53.8 Å². The molecule has 2 aromatic carbocycles. The molecule has 3 aliphatic heterocycles. The molecule has 1 atom stereocenters. The maximum Gasteiger partial charge on any atom is 0.237 e. The Morgan fingerprint density at radius 1 is 1.05 bits per heavy atom. The van der Waals surface area contributed by atoms with E-state index in [1.165, 1.54) is 11.1 Å². The van der Waals surface area contributed by atoms with Crippen LogP contribution in [0.5, 0.6) is 0 Å². The molecule has 0 radical (unpaired) electrons. The van der Waals surface area contributed by atoms with Gasteiger partial charge in [-0.05, 0) is 55.1 Å². The first-order valence-electron chi connectivity index (χ1n) is 13.9. The van der Waals surface area contributed by atoms with Crippen LogP contribution in [0.2, 0.25) is 0 Å². The summed E-state index contributed by atoms with van der Waals surface area (Å²) in [5.41, 5.74) is 4.91. The number of nitrogens with one attached hydrogen (secondary N) is 1. The molecule has 0 unspecified atom stereocenters. The maximum absolute atomic E-state index is 13.6. The Hall–Kier alpha value is -4.31. The minimum Gasteiger partial charge on any atom is -0.338 e. The van der Waals surface area contributed by atoms with Crippen molar-refractivity contribution in [3.05, 3.63) is 66.6 Å². The molecule has 204 valence electrons. The van der Waals surface area contributed by atoms with Gasteiger partial charge in [0.15, 0.2) is 5.82 Å². The van der Waals surface area contributed by atoms with E-state index in [1.54, 1.807) is 17.2 Å². The molecule has 5 heterocycles. The number of rotatable bonds is 5. The average molecular weight is 537 g/mol. The summed E-state index contributed by atoms with van der Waals surface area (Å²) in [7, 11) is 1.86. The van der Waals surface area contributed by atoms with Gasteiger partial charge in [0.05, 0.1) is 23.7 Å². The molecule has 0 saturated carbocycles. The Kier molecular flexibility index (Phi) is 6.00. The molecule has 40 heavy (non-hydrogen) atoms. The second-order valence-corrected chi connectivity index (χ2v) is 11.2. The van der Waals surface area contributed by atoms with Gasteiger partial charge in [0.2, 0.25) is 11.8 Å². The molecule has 0 aliphatic carbocycles. The van der Waals surface area contributed by atoms with Crippen molar-refractivity contribution < 1.29 is 9.59 Å². The highest BCUT2D eigenvalue weighted by Crippen LogP contribution is 2.42. The van der Waals surface area contributed by atoms with Crippen LogP contribution in [0.15, 0.2) is 61.1 Å². The Labute approximate surface area is 232 Å². The van der Waals surface area contributed by atoms with E-state index in [0.29, 0.717) is 32.7 Å². The third kappa shape index (κ3) is 4.38. The standard InChI is InChI=1S/C30H32N8O2/c1-35-20-31-28(34-35)23-4-2-21(3-5-23)22-8-12-37(13-9-22)27(39)18-36-14-10-30(19-36)11-15-38(29(30)40)25-6-7-26-24(16-25)17-32-33-26/h2-8,16-17,20H,9-15,18-19H2,1H3,(H,32,33)/t30-/m0/s1. The summed E-state index contributed by atoms with van der Waals surface area (Å²) in [4.78, 5) is 37.1. The summed E-state index contributed by atoms with van der Waals surface area (Å²) in [6.07, 6.45) is 8.10. The number of aromatic amines is 1. The molecule has 2 amide bonds. The highest BCUT2D eigenvalue weighted by atomic mass is 16.2. The summed E-state index contributed by atoms with van der Waals surface area (Å²) >= 11 is 0. The Balaban J connectivity index is 0.951. The topological polar surface area (TPSA) is 103 Å². The Morgan fingerprint density at radius 2 is 1.88 bits per heavy atom. The third-order valence-corrected chi connectivity index (χ3v) is 8.72. The van der Waals surface area contributed by atoms with E-state index in [4.69, 9.17) is 0 Å². The van der Waals surface area contributed by atoms with Gasteiger partial charge in [-0.15, -0.1) is 0 Å². The smallest absolute Gasteiger partial charge is 0.237 e. The van der Waals surface area contributed by atoms with Gasteiger partial charge in [0.25, 0.3) is 0 Å². The molecule has 2 saturated heterocycles. The lowest BCUT2D eigenvalue weighted by Gasteiger charge is -2.29. The zero-order valence-electron chi connectivity index (χ0n) is 22.6. The zero-order valence-corrected chi connectivity index (χ0v) is 22.6. The lowest BCUT2D eigenvalue weighted by molar-refractivity contribution is -0.132. The lowest BCUT2D eigenvalue weighted by Crippen LogP contribution is -2.43. The molecule has 2 fully saturated rings. The molecule has 2 aromatic heterocycles. The Bertz CT molecular complexity index is 1620. The molecule has 3 aliphatic rings. The normalized spacial score (nSPS) is 21.6. The number of hydrogen-bond acceptors (Lipinski definition) is 6. The first kappa shape index (κ1) is 24.7. The van der Waals surface area contributed by atoms with Crippen molar-refractivity contribution in [2.45, 2.75) is 19.3 Å². The molecule has 4 aromatic rings. The summed E-state index contributed by atoms with van der Waals surface area (Å²) in [6.45, 7) is 3.82. The highest BCUT2D eigenvalue weighted by molar-refractivity contribution is 6.01. The summed E-state index contributed by atoms with van der Waals surface area (Å²) in [5, 5.41) is 12.4. The van der Waals surface area contributed by atoms with Crippen LogP contribution in [0, 0.1) is 5.41 Å². The van der Waals surface area contributed by atoms with E-state index >= 15 is 0 Å². The number of carbonyl (C=O) groups is 2. The minimum absolute atomic E-state index is 0.136. The van der Waals surface area contributed by atoms with E-state index in [-0.39, 0.29) is 11.8 Å². The fraction of sp³-hybridized carbons (Fsp3) is 0.367. The van der Waals surface area contributed by atoms with Crippen molar-refractivity contribution in [2.75, 3.05) is 44.2 Å². The van der Waals surface area contributed by atoms with Crippen molar-refractivity contribution >= 4 is 34.0 Å². The van der Waals surface area contributed by atoms with Gasteiger partial charge < -0.3 is 9.80 Å². The van der Waals surface area contributed by atoms with Gasteiger partial charge in [-0.2, -0.15) is 10.2 Å². The predicted octanol–water partition coefficient (Wildman–Crippen LogP) is 3.10. The fourth-order valence-electron chi connectivity index (χ4n) is 6.39. The summed E-state index contributed by atoms with van der Waals surface area (Å²) < 4.78 is 1.70. The van der Waals surface area contributed by atoms with E-state index in [9.17, 15) is 9.59 Å². The predicted molar refractivity (Wildman–Crippen MR) is 152 cm³/mol. The van der Waals surface area contributed by atoms with Crippen molar-refractivity contribution in [2.24, 2.45) is 12.5 Å². The molecule has 10 nitrogen and oxygen atoms in total. The number of hydrogen-bond donors (Lipinski definition) is 1. The zero-order chi connectivity index (χ0) is 27.3. The number of nitrogens with zero attached hydrogens (tertiary/aromatic N) is 7. The van der Waals surface area contributed by atoms with E-state index < -0.39 is 5.41 Å². The first-order chi connectivity index (χ1) is 19.5. The van der Waals surface area contributed by atoms with Crippen LogP contribution in [-0.2, 0) is 16.6 Å². The van der Waals surface area contributed by atoms with Crippen LogP contribution in [0.3, 0.4) is 0 Å². The molecule has 0 bridgehead atoms. The maximum atomic E-state index is 13.6.